The number of nitrogens with zero attached hydrogens (tertiary/aromatic N) is 1. The second-order valence-corrected chi connectivity index (χ2v) is 12.0. The lowest BCUT2D eigenvalue weighted by Gasteiger charge is -2.25. The number of hydrogen-bond acceptors (Lipinski definition) is 1. The molecule has 0 aromatic carbocycles. The molecular weight excluding hydrogens is 238 g/mol. The van der Waals surface area contributed by atoms with Crippen molar-refractivity contribution < 1.29 is 4.79 Å². The van der Waals surface area contributed by atoms with Crippen molar-refractivity contribution in [2.45, 2.75) is 12.8 Å². The molecule has 1 saturated heterocycles. The molecule has 1 heterocycles. The summed E-state index contributed by atoms with van der Waals surface area (Å²) in [6.07, 6.45) is 6.59. The van der Waals surface area contributed by atoms with Crippen molar-refractivity contribution in [2.75, 3.05) is 31.4 Å². The van der Waals surface area contributed by atoms with Crippen LogP contribution in [0.3, 0.4) is 0 Å². The molecule has 0 radical (unpaired) electrons. The summed E-state index contributed by atoms with van der Waals surface area (Å²) in [5, 5.41) is 0. The Morgan fingerprint density at radius 2 is 1.92 bits per heavy atom. The monoisotopic (exact) mass is 253 g/mol. The second kappa shape index (κ2) is 4.01. The smallest absolute Gasteiger partial charge is 0.231 e. The fraction of sp³-hybridized carbons (Fsp3) is 0.875. The van der Waals surface area contributed by atoms with Crippen LogP contribution in [0, 0.1) is 0 Å². The number of hydrogen-bond donors (Lipinski definition) is 0. The fourth-order valence-corrected chi connectivity index (χ4v) is 2.71. The van der Waals surface area contributed by atoms with Crippen LogP contribution in [0.2, 0.25) is 0 Å². The van der Waals surface area contributed by atoms with Gasteiger partial charge in [0.15, 0.2) is 0 Å². The molecule has 1 aliphatic rings. The van der Waals surface area contributed by atoms with E-state index in [-0.39, 0.29) is 0 Å². The summed E-state index contributed by atoms with van der Waals surface area (Å²) in [5.74, 6) is 1.01. The van der Waals surface area contributed by atoms with Crippen LogP contribution in [0.25, 0.3) is 0 Å². The molecule has 0 unspecified atom stereocenters. The lowest BCUT2D eigenvalue weighted by atomic mass is 10.4. The molecule has 0 atom stereocenters. The number of halogens is 1. The van der Waals surface area contributed by atoms with Gasteiger partial charge < -0.3 is 4.90 Å². The summed E-state index contributed by atoms with van der Waals surface area (Å²) in [6, 6.07) is 0. The Balaban J connectivity index is 2.37. The first-order valence-electron chi connectivity index (χ1n) is 4.17. The Bertz CT molecular complexity index is 172. The van der Waals surface area contributed by atoms with Crippen molar-refractivity contribution in [3.05, 3.63) is 0 Å². The summed E-state index contributed by atoms with van der Waals surface area (Å²) in [4.78, 5) is 13.6. The van der Waals surface area contributed by atoms with Gasteiger partial charge in [-0.3, -0.25) is 4.79 Å². The lowest BCUT2D eigenvalue weighted by molar-refractivity contribution is -0.127. The minimum absolute atomic E-state index is 0.323. The van der Waals surface area contributed by atoms with Gasteiger partial charge in [0.25, 0.3) is 0 Å². The van der Waals surface area contributed by atoms with E-state index in [2.05, 4.69) is 27.3 Å². The standard InChI is InChI=1S/C8H16BrNOS/c1-12(2,9)7-8(11)10-5-3-4-6-10/h3-7H2,1-2H3. The van der Waals surface area contributed by atoms with Gasteiger partial charge in [-0.05, 0) is 40.2 Å². The van der Waals surface area contributed by atoms with Crippen LogP contribution < -0.4 is 0 Å². The van der Waals surface area contributed by atoms with Crippen LogP contribution in [0.1, 0.15) is 12.8 Å². The number of amides is 1. The van der Waals surface area contributed by atoms with E-state index in [1.54, 1.807) is 0 Å². The first-order chi connectivity index (χ1) is 5.49. The SMILES string of the molecule is CS(C)(Br)CC(=O)N1CCCC1. The van der Waals surface area contributed by atoms with Crippen LogP contribution in [0.15, 0.2) is 0 Å². The van der Waals surface area contributed by atoms with Crippen LogP contribution in [-0.4, -0.2) is 42.2 Å². The van der Waals surface area contributed by atoms with E-state index in [4.69, 9.17) is 0 Å². The van der Waals surface area contributed by atoms with Gasteiger partial charge in [-0.1, -0.05) is 0 Å². The zero-order valence-corrected chi connectivity index (χ0v) is 10.1. The zero-order chi connectivity index (χ0) is 9.19. The van der Waals surface area contributed by atoms with Gasteiger partial charge >= 0.3 is 0 Å². The molecular formula is C8H16BrNOS. The van der Waals surface area contributed by atoms with Crippen molar-refractivity contribution in [1.29, 1.82) is 0 Å². The first-order valence-corrected chi connectivity index (χ1v) is 8.63. The molecule has 0 aromatic heterocycles. The van der Waals surface area contributed by atoms with Crippen LogP contribution in [-0.2, 0) is 4.79 Å². The summed E-state index contributed by atoms with van der Waals surface area (Å²) in [7, 11) is -0.839. The van der Waals surface area contributed by atoms with E-state index in [9.17, 15) is 4.79 Å². The van der Waals surface area contributed by atoms with E-state index in [1.807, 2.05) is 4.90 Å². The lowest BCUT2D eigenvalue weighted by Crippen LogP contribution is -2.30. The van der Waals surface area contributed by atoms with Crippen molar-refractivity contribution >= 4 is 29.2 Å². The molecule has 2 nitrogen and oxygen atoms in total. The van der Waals surface area contributed by atoms with Gasteiger partial charge in [-0.25, -0.2) is 0 Å². The van der Waals surface area contributed by atoms with Crippen molar-refractivity contribution in [3.8, 4) is 0 Å². The molecule has 0 aliphatic carbocycles. The molecule has 0 bridgehead atoms. The van der Waals surface area contributed by atoms with Crippen LogP contribution >= 0.6 is 23.3 Å². The minimum atomic E-state index is -0.839. The minimum Gasteiger partial charge on any atom is -0.342 e. The molecule has 72 valence electrons. The summed E-state index contributed by atoms with van der Waals surface area (Å²) in [5.41, 5.74) is 0. The third-order valence-corrected chi connectivity index (χ3v) is 3.55. The highest BCUT2D eigenvalue weighted by molar-refractivity contribution is 9.58. The van der Waals surface area contributed by atoms with Gasteiger partial charge in [0.2, 0.25) is 5.91 Å². The Labute approximate surface area is 83.2 Å². The topological polar surface area (TPSA) is 20.3 Å². The molecule has 0 N–H and O–H groups in total. The van der Waals surface area contributed by atoms with Gasteiger partial charge in [-0.2, -0.15) is 8.46 Å². The molecule has 4 heteroatoms. The van der Waals surface area contributed by atoms with Crippen molar-refractivity contribution in [3.63, 3.8) is 0 Å². The molecule has 0 aromatic rings. The van der Waals surface area contributed by atoms with Gasteiger partial charge in [0.1, 0.15) is 0 Å². The number of rotatable bonds is 2. The Hall–Kier alpha value is 0.300. The third-order valence-electron chi connectivity index (χ3n) is 1.93. The van der Waals surface area contributed by atoms with Crippen LogP contribution in [0.4, 0.5) is 0 Å². The van der Waals surface area contributed by atoms with E-state index < -0.39 is 8.46 Å². The Morgan fingerprint density at radius 1 is 1.42 bits per heavy atom. The molecule has 1 amide bonds. The maximum Gasteiger partial charge on any atom is 0.231 e. The number of likely N-dealkylation sites (tertiary alicyclic amines) is 1. The quantitative estimate of drug-likeness (QED) is 0.738. The highest BCUT2D eigenvalue weighted by Crippen LogP contribution is 2.47. The predicted molar refractivity (Wildman–Crippen MR) is 59.0 cm³/mol. The normalized spacial score (nSPS) is 19.8. The largest absolute Gasteiger partial charge is 0.342 e. The highest BCUT2D eigenvalue weighted by Gasteiger charge is 2.21. The van der Waals surface area contributed by atoms with Crippen molar-refractivity contribution in [1.82, 2.24) is 4.90 Å². The maximum atomic E-state index is 11.6. The number of carbonyl (C=O) groups is 1. The van der Waals surface area contributed by atoms with E-state index in [0.29, 0.717) is 11.7 Å². The molecule has 1 fully saturated rings. The number of carbonyl (C=O) groups excluding carboxylic acids is 1. The molecule has 0 spiro atoms. The highest BCUT2D eigenvalue weighted by atomic mass is 79.9. The summed E-state index contributed by atoms with van der Waals surface area (Å²) in [6.45, 7) is 1.95. The zero-order valence-electron chi connectivity index (χ0n) is 7.68. The van der Waals surface area contributed by atoms with Crippen LogP contribution in [0.5, 0.6) is 0 Å². The van der Waals surface area contributed by atoms with Gasteiger partial charge in [-0.15, -0.1) is 0 Å². The second-order valence-electron chi connectivity index (χ2n) is 3.64. The molecule has 0 saturated carbocycles. The van der Waals surface area contributed by atoms with E-state index in [0.717, 1.165) is 13.1 Å². The Morgan fingerprint density at radius 3 is 2.33 bits per heavy atom. The summed E-state index contributed by atoms with van der Waals surface area (Å²) < 4.78 is 0. The van der Waals surface area contributed by atoms with E-state index in [1.165, 1.54) is 12.8 Å². The Kier molecular flexibility index (Phi) is 3.47. The predicted octanol–water partition coefficient (Wildman–Crippen LogP) is 1.98. The maximum absolute atomic E-state index is 11.6. The van der Waals surface area contributed by atoms with Crippen molar-refractivity contribution in [2.24, 2.45) is 0 Å². The molecule has 12 heavy (non-hydrogen) atoms. The third kappa shape index (κ3) is 3.35. The molecule has 1 aliphatic heterocycles. The average molecular weight is 254 g/mol. The summed E-state index contributed by atoms with van der Waals surface area (Å²) >= 11 is 3.56. The van der Waals surface area contributed by atoms with E-state index >= 15 is 0 Å². The van der Waals surface area contributed by atoms with Gasteiger partial charge in [0, 0.05) is 13.1 Å². The first kappa shape index (κ1) is 10.4. The average Bonchev–Trinajstić information content (AvgIpc) is 2.32. The fourth-order valence-electron chi connectivity index (χ4n) is 1.35. The van der Waals surface area contributed by atoms with Gasteiger partial charge in [0.05, 0.1) is 5.75 Å². The molecule has 1 rings (SSSR count).